The maximum absolute atomic E-state index is 12.7. The van der Waals surface area contributed by atoms with Gasteiger partial charge in [0.1, 0.15) is 0 Å². The zero-order valence-corrected chi connectivity index (χ0v) is 14.9. The van der Waals surface area contributed by atoms with E-state index in [0.29, 0.717) is 32.1 Å². The third-order valence-electron chi connectivity index (χ3n) is 4.87. The summed E-state index contributed by atoms with van der Waals surface area (Å²) in [7, 11) is -3.11. The first-order valence-electron chi connectivity index (χ1n) is 8.58. The first-order valence-corrected chi connectivity index (χ1v) is 10.4. The zero-order valence-electron chi connectivity index (χ0n) is 14.1. The van der Waals surface area contributed by atoms with Crippen molar-refractivity contribution in [2.24, 2.45) is 5.92 Å². The number of nitrogens with zero attached hydrogens (tertiary/aromatic N) is 3. The first-order chi connectivity index (χ1) is 11.4. The number of carbonyl (C=O) groups is 1. The molecule has 0 spiro atoms. The Morgan fingerprint density at radius 3 is 2.50 bits per heavy atom. The third kappa shape index (κ3) is 4.54. The Kier molecular flexibility index (Phi) is 5.20. The van der Waals surface area contributed by atoms with Crippen LogP contribution in [0.1, 0.15) is 37.8 Å². The van der Waals surface area contributed by atoms with E-state index in [1.807, 2.05) is 23.1 Å². The molecule has 0 bridgehead atoms. The average Bonchev–Trinajstić information content (AvgIpc) is 3.38. The van der Waals surface area contributed by atoms with Gasteiger partial charge in [-0.3, -0.25) is 9.78 Å². The lowest BCUT2D eigenvalue weighted by molar-refractivity contribution is -0.133. The quantitative estimate of drug-likeness (QED) is 0.781. The molecule has 2 aliphatic rings. The van der Waals surface area contributed by atoms with Crippen molar-refractivity contribution in [1.82, 2.24) is 14.2 Å². The van der Waals surface area contributed by atoms with Gasteiger partial charge in [-0.1, -0.05) is 6.07 Å². The number of pyridine rings is 1. The summed E-state index contributed by atoms with van der Waals surface area (Å²) in [6.45, 7) is 1.63. The molecule has 2 fully saturated rings. The van der Waals surface area contributed by atoms with Crippen LogP contribution in [-0.2, 0) is 21.4 Å². The van der Waals surface area contributed by atoms with E-state index in [1.54, 1.807) is 6.20 Å². The highest BCUT2D eigenvalue weighted by atomic mass is 32.2. The van der Waals surface area contributed by atoms with Gasteiger partial charge in [-0.15, -0.1) is 0 Å². The van der Waals surface area contributed by atoms with Crippen molar-refractivity contribution in [1.29, 1.82) is 0 Å². The van der Waals surface area contributed by atoms with Gasteiger partial charge in [0.05, 0.1) is 18.5 Å². The van der Waals surface area contributed by atoms with Gasteiger partial charge in [-0.2, -0.15) is 0 Å². The van der Waals surface area contributed by atoms with E-state index in [2.05, 4.69) is 4.98 Å². The predicted molar refractivity (Wildman–Crippen MR) is 91.6 cm³/mol. The molecule has 6 nitrogen and oxygen atoms in total. The lowest BCUT2D eigenvalue weighted by Gasteiger charge is -2.31. The normalized spacial score (nSPS) is 20.0. The van der Waals surface area contributed by atoms with E-state index >= 15 is 0 Å². The van der Waals surface area contributed by atoms with E-state index in [4.69, 9.17) is 0 Å². The Labute approximate surface area is 143 Å². The number of piperidine rings is 1. The molecule has 0 atom stereocenters. The molecular formula is C17H25N3O3S. The molecule has 1 saturated heterocycles. The van der Waals surface area contributed by atoms with Gasteiger partial charge >= 0.3 is 0 Å². The Bertz CT molecular complexity index is 666. The maximum Gasteiger partial charge on any atom is 0.223 e. The maximum atomic E-state index is 12.7. The molecule has 3 rings (SSSR count). The fraction of sp³-hybridized carbons (Fsp3) is 0.647. The molecule has 1 aliphatic carbocycles. The molecule has 2 heterocycles. The summed E-state index contributed by atoms with van der Waals surface area (Å²) in [6, 6.07) is 6.13. The van der Waals surface area contributed by atoms with E-state index < -0.39 is 10.0 Å². The summed E-state index contributed by atoms with van der Waals surface area (Å²) < 4.78 is 24.7. The summed E-state index contributed by atoms with van der Waals surface area (Å²) in [6.07, 6.45) is 7.20. The van der Waals surface area contributed by atoms with Crippen LogP contribution in [0.3, 0.4) is 0 Å². The Balaban J connectivity index is 1.55. The van der Waals surface area contributed by atoms with Gasteiger partial charge in [0.15, 0.2) is 0 Å². The Hall–Kier alpha value is -1.47. The Morgan fingerprint density at radius 2 is 1.96 bits per heavy atom. The summed E-state index contributed by atoms with van der Waals surface area (Å²) in [4.78, 5) is 19.0. The summed E-state index contributed by atoms with van der Waals surface area (Å²) in [5.74, 6) is 0.460. The van der Waals surface area contributed by atoms with Crippen molar-refractivity contribution in [3.05, 3.63) is 30.1 Å². The van der Waals surface area contributed by atoms with Crippen molar-refractivity contribution in [3.63, 3.8) is 0 Å². The fourth-order valence-electron chi connectivity index (χ4n) is 3.28. The molecule has 0 unspecified atom stereocenters. The smallest absolute Gasteiger partial charge is 0.223 e. The number of carbonyl (C=O) groups excluding carboxylic acids is 1. The summed E-state index contributed by atoms with van der Waals surface area (Å²) in [5.41, 5.74) is 0.921. The largest absolute Gasteiger partial charge is 0.334 e. The number of sulfonamides is 1. The van der Waals surface area contributed by atoms with Crippen LogP contribution in [0.15, 0.2) is 24.4 Å². The van der Waals surface area contributed by atoms with Crippen molar-refractivity contribution >= 4 is 15.9 Å². The molecule has 7 heteroatoms. The van der Waals surface area contributed by atoms with Crippen LogP contribution in [0.25, 0.3) is 0 Å². The lowest BCUT2D eigenvalue weighted by Crippen LogP contribution is -2.40. The zero-order chi connectivity index (χ0) is 17.2. The second-order valence-corrected chi connectivity index (χ2v) is 8.87. The first kappa shape index (κ1) is 17.4. The molecular weight excluding hydrogens is 326 g/mol. The molecule has 1 aliphatic heterocycles. The minimum Gasteiger partial charge on any atom is -0.334 e. The van der Waals surface area contributed by atoms with Crippen LogP contribution in [0.4, 0.5) is 0 Å². The molecule has 24 heavy (non-hydrogen) atoms. The molecule has 1 aromatic heterocycles. The van der Waals surface area contributed by atoms with Crippen LogP contribution in [0.5, 0.6) is 0 Å². The van der Waals surface area contributed by atoms with Crippen molar-refractivity contribution in [2.75, 3.05) is 19.3 Å². The van der Waals surface area contributed by atoms with Gasteiger partial charge < -0.3 is 4.90 Å². The highest BCUT2D eigenvalue weighted by molar-refractivity contribution is 7.88. The SMILES string of the molecule is CS(=O)(=O)N1CCC(CC(=O)N(Cc2ccccn2)C2CC2)CC1. The molecule has 1 saturated carbocycles. The highest BCUT2D eigenvalue weighted by Crippen LogP contribution is 2.31. The van der Waals surface area contributed by atoms with Crippen LogP contribution >= 0.6 is 0 Å². The van der Waals surface area contributed by atoms with E-state index in [9.17, 15) is 13.2 Å². The lowest BCUT2D eigenvalue weighted by atomic mass is 9.94. The van der Waals surface area contributed by atoms with Crippen LogP contribution < -0.4 is 0 Å². The summed E-state index contributed by atoms with van der Waals surface area (Å²) >= 11 is 0. The van der Waals surface area contributed by atoms with Crippen molar-refractivity contribution in [3.8, 4) is 0 Å². The second kappa shape index (κ2) is 7.19. The second-order valence-electron chi connectivity index (χ2n) is 6.88. The molecule has 1 aromatic rings. The van der Waals surface area contributed by atoms with Crippen LogP contribution in [-0.4, -0.2) is 53.9 Å². The number of rotatable bonds is 6. The minimum atomic E-state index is -3.11. The van der Waals surface area contributed by atoms with E-state index in [0.717, 1.165) is 31.4 Å². The molecule has 0 N–H and O–H groups in total. The van der Waals surface area contributed by atoms with E-state index in [1.165, 1.54) is 10.6 Å². The van der Waals surface area contributed by atoms with Gasteiger partial charge in [0.2, 0.25) is 15.9 Å². The van der Waals surface area contributed by atoms with E-state index in [-0.39, 0.29) is 11.8 Å². The molecule has 0 aromatic carbocycles. The highest BCUT2D eigenvalue weighted by Gasteiger charge is 2.34. The number of hydrogen-bond donors (Lipinski definition) is 0. The topological polar surface area (TPSA) is 70.6 Å². The van der Waals surface area contributed by atoms with Crippen LogP contribution in [0, 0.1) is 5.92 Å². The average molecular weight is 351 g/mol. The van der Waals surface area contributed by atoms with Gasteiger partial charge in [-0.05, 0) is 43.7 Å². The summed E-state index contributed by atoms with van der Waals surface area (Å²) in [5, 5.41) is 0. The minimum absolute atomic E-state index is 0.181. The molecule has 0 radical (unpaired) electrons. The van der Waals surface area contributed by atoms with Crippen LogP contribution in [0.2, 0.25) is 0 Å². The molecule has 1 amide bonds. The number of hydrogen-bond acceptors (Lipinski definition) is 4. The van der Waals surface area contributed by atoms with Gasteiger partial charge in [0, 0.05) is 31.7 Å². The Morgan fingerprint density at radius 1 is 1.25 bits per heavy atom. The number of aromatic nitrogens is 1. The fourth-order valence-corrected chi connectivity index (χ4v) is 4.16. The molecule has 132 valence electrons. The van der Waals surface area contributed by atoms with Gasteiger partial charge in [0.25, 0.3) is 0 Å². The third-order valence-corrected chi connectivity index (χ3v) is 6.18. The van der Waals surface area contributed by atoms with Gasteiger partial charge in [-0.25, -0.2) is 12.7 Å². The predicted octanol–water partition coefficient (Wildman–Crippen LogP) is 1.63. The van der Waals surface area contributed by atoms with Crippen molar-refractivity contribution < 1.29 is 13.2 Å². The monoisotopic (exact) mass is 351 g/mol. The number of amides is 1. The van der Waals surface area contributed by atoms with Crippen molar-refractivity contribution in [2.45, 2.75) is 44.7 Å². The standard InChI is InChI=1S/C17H25N3O3S/c1-24(22,23)19-10-7-14(8-11-19)12-17(21)20(16-5-6-16)13-15-4-2-3-9-18-15/h2-4,9,14,16H,5-8,10-13H2,1H3.